The molecule has 2 heterocycles. The highest BCUT2D eigenvalue weighted by Gasteiger charge is 2.11. The summed E-state index contributed by atoms with van der Waals surface area (Å²) in [4.78, 5) is 4.51. The molecule has 0 saturated carbocycles. The van der Waals surface area contributed by atoms with Crippen LogP contribution in [-0.2, 0) is 13.1 Å². The van der Waals surface area contributed by atoms with E-state index in [0.29, 0.717) is 6.54 Å². The van der Waals surface area contributed by atoms with Gasteiger partial charge in [0.15, 0.2) is 0 Å². The van der Waals surface area contributed by atoms with Crippen molar-refractivity contribution in [3.05, 3.63) is 46.0 Å². The molecule has 0 spiro atoms. The summed E-state index contributed by atoms with van der Waals surface area (Å²) in [5.74, 6) is 0. The van der Waals surface area contributed by atoms with Gasteiger partial charge < -0.3 is 5.32 Å². The lowest BCUT2D eigenvalue weighted by atomic mass is 10.1. The first-order valence-electron chi connectivity index (χ1n) is 7.14. The molecule has 5 heteroatoms. The minimum atomic E-state index is 0.110. The van der Waals surface area contributed by atoms with Crippen molar-refractivity contribution in [3.8, 4) is 0 Å². The molecule has 21 heavy (non-hydrogen) atoms. The molecule has 0 unspecified atom stereocenters. The molecule has 0 aliphatic rings. The Balaban J connectivity index is 2.04. The lowest BCUT2D eigenvalue weighted by molar-refractivity contribution is 0.424. The maximum atomic E-state index is 6.16. The van der Waals surface area contributed by atoms with Crippen LogP contribution in [-0.4, -0.2) is 20.3 Å². The summed E-state index contributed by atoms with van der Waals surface area (Å²) in [5, 5.41) is 8.62. The molecule has 2 aromatic rings. The second-order valence-corrected chi connectivity index (χ2v) is 6.78. The third-order valence-electron chi connectivity index (χ3n) is 3.31. The van der Waals surface area contributed by atoms with Crippen LogP contribution >= 0.6 is 11.6 Å². The van der Waals surface area contributed by atoms with Crippen LogP contribution < -0.4 is 5.32 Å². The molecule has 0 radical (unpaired) electrons. The Morgan fingerprint density at radius 1 is 1.24 bits per heavy atom. The van der Waals surface area contributed by atoms with Gasteiger partial charge in [-0.2, -0.15) is 5.10 Å². The topological polar surface area (TPSA) is 42.7 Å². The highest BCUT2D eigenvalue weighted by Crippen LogP contribution is 2.19. The van der Waals surface area contributed by atoms with Gasteiger partial charge in [-0.1, -0.05) is 17.7 Å². The smallest absolute Gasteiger partial charge is 0.0844 e. The quantitative estimate of drug-likeness (QED) is 0.940. The van der Waals surface area contributed by atoms with E-state index in [-0.39, 0.29) is 5.54 Å². The predicted octanol–water partition coefficient (Wildman–Crippen LogP) is 3.48. The van der Waals surface area contributed by atoms with E-state index in [0.717, 1.165) is 28.6 Å². The van der Waals surface area contributed by atoms with Gasteiger partial charge in [0, 0.05) is 18.3 Å². The number of rotatable bonds is 4. The average molecular weight is 307 g/mol. The van der Waals surface area contributed by atoms with Crippen molar-refractivity contribution in [1.82, 2.24) is 20.1 Å². The van der Waals surface area contributed by atoms with Gasteiger partial charge in [0.2, 0.25) is 0 Å². The molecule has 0 atom stereocenters. The number of halogens is 1. The Hall–Kier alpha value is -1.39. The van der Waals surface area contributed by atoms with Crippen LogP contribution in [0.5, 0.6) is 0 Å². The largest absolute Gasteiger partial charge is 0.308 e. The minimum absolute atomic E-state index is 0.110. The van der Waals surface area contributed by atoms with E-state index >= 15 is 0 Å². The standard InChI is InChI=1S/C16H23ClN4/c1-11-15(17)12(2)21(20-11)10-14-7-6-13(8-18-14)9-19-16(3,4)5/h6-8,19H,9-10H2,1-5H3. The van der Waals surface area contributed by atoms with Gasteiger partial charge in [-0.15, -0.1) is 0 Å². The van der Waals surface area contributed by atoms with Crippen LogP contribution in [0.1, 0.15) is 43.4 Å². The Labute approximate surface area is 131 Å². The molecule has 4 nitrogen and oxygen atoms in total. The van der Waals surface area contributed by atoms with Gasteiger partial charge in [-0.05, 0) is 46.2 Å². The number of hydrogen-bond acceptors (Lipinski definition) is 3. The molecule has 0 amide bonds. The van der Waals surface area contributed by atoms with E-state index in [1.165, 1.54) is 5.56 Å². The summed E-state index contributed by atoms with van der Waals surface area (Å²) in [6, 6.07) is 4.15. The van der Waals surface area contributed by atoms with Crippen LogP contribution in [0, 0.1) is 13.8 Å². The van der Waals surface area contributed by atoms with Gasteiger partial charge in [0.1, 0.15) is 0 Å². The monoisotopic (exact) mass is 306 g/mol. The number of aryl methyl sites for hydroxylation is 1. The minimum Gasteiger partial charge on any atom is -0.308 e. The van der Waals surface area contributed by atoms with E-state index in [4.69, 9.17) is 11.6 Å². The molecule has 114 valence electrons. The van der Waals surface area contributed by atoms with E-state index in [1.54, 1.807) is 0 Å². The van der Waals surface area contributed by atoms with Crippen molar-refractivity contribution >= 4 is 11.6 Å². The van der Waals surface area contributed by atoms with Crippen molar-refractivity contribution in [2.75, 3.05) is 0 Å². The molecular weight excluding hydrogens is 284 g/mol. The normalized spacial score (nSPS) is 11.9. The van der Waals surface area contributed by atoms with E-state index in [2.05, 4.69) is 42.2 Å². The van der Waals surface area contributed by atoms with Crippen molar-refractivity contribution in [2.45, 2.75) is 53.2 Å². The van der Waals surface area contributed by atoms with Crippen LogP contribution in [0.3, 0.4) is 0 Å². The first kappa shape index (κ1) is 16.0. The van der Waals surface area contributed by atoms with Gasteiger partial charge in [-0.3, -0.25) is 9.67 Å². The summed E-state index contributed by atoms with van der Waals surface area (Å²) in [6.45, 7) is 11.8. The molecule has 0 fully saturated rings. The zero-order valence-electron chi connectivity index (χ0n) is 13.4. The van der Waals surface area contributed by atoms with E-state index < -0.39 is 0 Å². The van der Waals surface area contributed by atoms with Crippen molar-refractivity contribution in [2.24, 2.45) is 0 Å². The fraction of sp³-hybridized carbons (Fsp3) is 0.500. The summed E-state index contributed by atoms with van der Waals surface area (Å²) in [5.41, 5.74) is 4.12. The van der Waals surface area contributed by atoms with Crippen molar-refractivity contribution in [1.29, 1.82) is 0 Å². The lowest BCUT2D eigenvalue weighted by Gasteiger charge is -2.20. The highest BCUT2D eigenvalue weighted by molar-refractivity contribution is 6.31. The maximum Gasteiger partial charge on any atom is 0.0844 e. The SMILES string of the molecule is Cc1nn(Cc2ccc(CNC(C)(C)C)cn2)c(C)c1Cl. The average Bonchev–Trinajstić information content (AvgIpc) is 2.65. The molecule has 0 aliphatic carbocycles. The molecule has 0 aromatic carbocycles. The van der Waals surface area contributed by atoms with Crippen LogP contribution in [0.4, 0.5) is 0 Å². The fourth-order valence-corrected chi connectivity index (χ4v) is 2.14. The number of nitrogens with zero attached hydrogens (tertiary/aromatic N) is 3. The van der Waals surface area contributed by atoms with Crippen LogP contribution in [0.25, 0.3) is 0 Å². The van der Waals surface area contributed by atoms with Gasteiger partial charge >= 0.3 is 0 Å². The predicted molar refractivity (Wildman–Crippen MR) is 86.6 cm³/mol. The second kappa shape index (κ2) is 6.16. The molecule has 0 bridgehead atoms. The third-order valence-corrected chi connectivity index (χ3v) is 3.86. The Kier molecular flexibility index (Phi) is 4.69. The fourth-order valence-electron chi connectivity index (χ4n) is 2.00. The molecular formula is C16H23ClN4. The Bertz CT molecular complexity index is 608. The van der Waals surface area contributed by atoms with Gasteiger partial charge in [-0.25, -0.2) is 0 Å². The third kappa shape index (κ3) is 4.29. The summed E-state index contributed by atoms with van der Waals surface area (Å²) in [6.07, 6.45) is 1.92. The summed E-state index contributed by atoms with van der Waals surface area (Å²) in [7, 11) is 0. The molecule has 0 saturated heterocycles. The molecule has 1 N–H and O–H groups in total. The van der Waals surface area contributed by atoms with Crippen LogP contribution in [0.2, 0.25) is 5.02 Å². The highest BCUT2D eigenvalue weighted by atomic mass is 35.5. The van der Waals surface area contributed by atoms with E-state index in [9.17, 15) is 0 Å². The lowest BCUT2D eigenvalue weighted by Crippen LogP contribution is -2.35. The Morgan fingerprint density at radius 3 is 2.43 bits per heavy atom. The molecule has 2 aromatic heterocycles. The van der Waals surface area contributed by atoms with Crippen molar-refractivity contribution < 1.29 is 0 Å². The number of aromatic nitrogens is 3. The van der Waals surface area contributed by atoms with E-state index in [1.807, 2.05) is 30.8 Å². The first-order valence-corrected chi connectivity index (χ1v) is 7.52. The van der Waals surface area contributed by atoms with Gasteiger partial charge in [0.25, 0.3) is 0 Å². The molecule has 2 rings (SSSR count). The van der Waals surface area contributed by atoms with Crippen LogP contribution in [0.15, 0.2) is 18.3 Å². The number of nitrogens with one attached hydrogen (secondary N) is 1. The first-order chi connectivity index (χ1) is 9.76. The second-order valence-electron chi connectivity index (χ2n) is 6.40. The Morgan fingerprint density at radius 2 is 1.95 bits per heavy atom. The zero-order chi connectivity index (χ0) is 15.6. The van der Waals surface area contributed by atoms with Gasteiger partial charge in [0.05, 0.1) is 28.6 Å². The summed E-state index contributed by atoms with van der Waals surface area (Å²) < 4.78 is 1.90. The van der Waals surface area contributed by atoms with Crippen molar-refractivity contribution in [3.63, 3.8) is 0 Å². The zero-order valence-corrected chi connectivity index (χ0v) is 14.1. The number of hydrogen-bond donors (Lipinski definition) is 1. The number of pyridine rings is 1. The summed E-state index contributed by atoms with van der Waals surface area (Å²) >= 11 is 6.16. The maximum absolute atomic E-state index is 6.16. The molecule has 0 aliphatic heterocycles.